The summed E-state index contributed by atoms with van der Waals surface area (Å²) in [5, 5.41) is 7.55. The lowest BCUT2D eigenvalue weighted by Gasteiger charge is -2.33. The molecule has 0 aromatic carbocycles. The van der Waals surface area contributed by atoms with Crippen molar-refractivity contribution in [3.05, 3.63) is 28.8 Å². The Labute approximate surface area is 148 Å². The molecule has 2 aromatic rings. The van der Waals surface area contributed by atoms with E-state index in [0.717, 1.165) is 74.5 Å². The Morgan fingerprint density at radius 3 is 2.96 bits per heavy atom. The third-order valence-corrected chi connectivity index (χ3v) is 4.92. The van der Waals surface area contributed by atoms with Crippen LogP contribution in [0, 0.1) is 12.8 Å². The van der Waals surface area contributed by atoms with Crippen LogP contribution in [0.2, 0.25) is 0 Å². The van der Waals surface area contributed by atoms with Crippen LogP contribution in [0.5, 0.6) is 0 Å². The summed E-state index contributed by atoms with van der Waals surface area (Å²) in [5.74, 6) is 4.34. The lowest BCUT2D eigenvalue weighted by Crippen LogP contribution is -2.36. The van der Waals surface area contributed by atoms with Crippen molar-refractivity contribution >= 4 is 5.82 Å². The molecule has 1 atom stereocenters. The van der Waals surface area contributed by atoms with Gasteiger partial charge >= 0.3 is 0 Å². The molecule has 7 heteroatoms. The summed E-state index contributed by atoms with van der Waals surface area (Å²) in [4.78, 5) is 16.3. The van der Waals surface area contributed by atoms with E-state index >= 15 is 0 Å². The van der Waals surface area contributed by atoms with Gasteiger partial charge in [-0.15, -0.1) is 0 Å². The van der Waals surface area contributed by atoms with E-state index in [2.05, 4.69) is 39.2 Å². The number of aryl methyl sites for hydroxylation is 1. The van der Waals surface area contributed by atoms with Crippen molar-refractivity contribution in [1.29, 1.82) is 0 Å². The normalized spacial score (nSPS) is 20.3. The monoisotopic (exact) mass is 342 g/mol. The second-order valence-corrected chi connectivity index (χ2v) is 7.56. The lowest BCUT2D eigenvalue weighted by atomic mass is 9.97. The molecule has 1 N–H and O–H groups in total. The fraction of sp³-hybridized carbons (Fsp3) is 0.667. The van der Waals surface area contributed by atoms with E-state index in [1.54, 1.807) is 0 Å². The molecule has 0 radical (unpaired) electrons. The van der Waals surface area contributed by atoms with Gasteiger partial charge in [0, 0.05) is 38.2 Å². The maximum absolute atomic E-state index is 5.57. The number of hydrogen-bond donors (Lipinski definition) is 1. The number of piperidine rings is 1. The molecule has 1 unspecified atom stereocenters. The summed E-state index contributed by atoms with van der Waals surface area (Å²) in [6.07, 6.45) is 3.06. The molecule has 0 spiro atoms. The standard InChI is InChI=1S/C18H26N6O/c1-11(2)7-16-22-18(25-23-16)13-5-4-6-24(10-13)17-14-8-19-9-15(14)20-12(3)21-17/h11,13,19H,4-10H2,1-3H3. The molecule has 2 aliphatic rings. The Kier molecular flexibility index (Phi) is 4.41. The Hall–Kier alpha value is -2.02. The van der Waals surface area contributed by atoms with E-state index in [9.17, 15) is 0 Å². The van der Waals surface area contributed by atoms with Crippen molar-refractivity contribution in [3.8, 4) is 0 Å². The molecule has 2 aromatic heterocycles. The first-order valence-electron chi connectivity index (χ1n) is 9.24. The minimum atomic E-state index is 0.280. The molecule has 0 saturated carbocycles. The Balaban J connectivity index is 1.55. The van der Waals surface area contributed by atoms with Crippen molar-refractivity contribution in [2.24, 2.45) is 5.92 Å². The summed E-state index contributed by atoms with van der Waals surface area (Å²) in [5.41, 5.74) is 2.39. The minimum absolute atomic E-state index is 0.280. The van der Waals surface area contributed by atoms with E-state index in [1.165, 1.54) is 5.56 Å². The molecular formula is C18H26N6O. The lowest BCUT2D eigenvalue weighted by molar-refractivity contribution is 0.329. The molecule has 7 nitrogen and oxygen atoms in total. The predicted octanol–water partition coefficient (Wildman–Crippen LogP) is 2.35. The first kappa shape index (κ1) is 16.4. The van der Waals surface area contributed by atoms with Crippen LogP contribution >= 0.6 is 0 Å². The number of nitrogens with one attached hydrogen (secondary N) is 1. The number of hydrogen-bond acceptors (Lipinski definition) is 7. The second kappa shape index (κ2) is 6.71. The quantitative estimate of drug-likeness (QED) is 0.913. The van der Waals surface area contributed by atoms with E-state index in [4.69, 9.17) is 9.51 Å². The molecule has 25 heavy (non-hydrogen) atoms. The Bertz CT molecular complexity index is 756. The third-order valence-electron chi connectivity index (χ3n) is 4.92. The highest BCUT2D eigenvalue weighted by molar-refractivity contribution is 5.51. The van der Waals surface area contributed by atoms with Crippen molar-refractivity contribution in [3.63, 3.8) is 0 Å². The summed E-state index contributed by atoms with van der Waals surface area (Å²) in [6.45, 7) is 9.91. The van der Waals surface area contributed by atoms with Crippen molar-refractivity contribution < 1.29 is 4.52 Å². The maximum Gasteiger partial charge on any atom is 0.231 e. The van der Waals surface area contributed by atoms with Crippen LogP contribution in [0.4, 0.5) is 5.82 Å². The van der Waals surface area contributed by atoms with Crippen LogP contribution < -0.4 is 10.2 Å². The summed E-state index contributed by atoms with van der Waals surface area (Å²) >= 11 is 0. The smallest absolute Gasteiger partial charge is 0.231 e. The molecule has 0 aliphatic carbocycles. The first-order chi connectivity index (χ1) is 12.1. The fourth-order valence-corrected chi connectivity index (χ4v) is 3.78. The molecule has 1 saturated heterocycles. The van der Waals surface area contributed by atoms with Crippen LogP contribution in [0.3, 0.4) is 0 Å². The van der Waals surface area contributed by atoms with Crippen molar-refractivity contribution in [1.82, 2.24) is 25.4 Å². The van der Waals surface area contributed by atoms with E-state index < -0.39 is 0 Å². The average molecular weight is 342 g/mol. The van der Waals surface area contributed by atoms with E-state index in [0.29, 0.717) is 5.92 Å². The number of rotatable bonds is 4. The van der Waals surface area contributed by atoms with E-state index in [1.807, 2.05) is 6.92 Å². The van der Waals surface area contributed by atoms with Gasteiger partial charge in [0.05, 0.1) is 11.6 Å². The molecule has 1 fully saturated rings. The Morgan fingerprint density at radius 2 is 2.12 bits per heavy atom. The van der Waals surface area contributed by atoms with Crippen LogP contribution in [0.25, 0.3) is 0 Å². The van der Waals surface area contributed by atoms with Crippen LogP contribution in [0.1, 0.15) is 61.4 Å². The molecule has 134 valence electrons. The van der Waals surface area contributed by atoms with Gasteiger partial charge in [-0.2, -0.15) is 4.98 Å². The van der Waals surface area contributed by atoms with Gasteiger partial charge < -0.3 is 14.7 Å². The van der Waals surface area contributed by atoms with Crippen molar-refractivity contribution in [2.75, 3.05) is 18.0 Å². The zero-order valence-electron chi connectivity index (χ0n) is 15.2. The van der Waals surface area contributed by atoms with Gasteiger partial charge in [-0.3, -0.25) is 0 Å². The number of aromatic nitrogens is 4. The van der Waals surface area contributed by atoms with Gasteiger partial charge in [-0.05, 0) is 25.7 Å². The largest absolute Gasteiger partial charge is 0.355 e. The minimum Gasteiger partial charge on any atom is -0.355 e. The van der Waals surface area contributed by atoms with Crippen LogP contribution in [0.15, 0.2) is 4.52 Å². The molecule has 2 aliphatic heterocycles. The van der Waals surface area contributed by atoms with Gasteiger partial charge in [0.25, 0.3) is 0 Å². The van der Waals surface area contributed by atoms with Gasteiger partial charge in [0.2, 0.25) is 5.89 Å². The third kappa shape index (κ3) is 3.38. The highest BCUT2D eigenvalue weighted by Crippen LogP contribution is 2.32. The van der Waals surface area contributed by atoms with E-state index in [-0.39, 0.29) is 5.92 Å². The number of anilines is 1. The van der Waals surface area contributed by atoms with Crippen molar-refractivity contribution in [2.45, 2.75) is 59.0 Å². The highest BCUT2D eigenvalue weighted by Gasteiger charge is 2.30. The Morgan fingerprint density at radius 1 is 1.24 bits per heavy atom. The van der Waals surface area contributed by atoms with Gasteiger partial charge in [0.1, 0.15) is 11.6 Å². The SMILES string of the molecule is Cc1nc2c(c(N3CCCC(c4nc(CC(C)C)no4)C3)n1)CNC2. The second-order valence-electron chi connectivity index (χ2n) is 7.56. The molecule has 0 amide bonds. The predicted molar refractivity (Wildman–Crippen MR) is 94.3 cm³/mol. The zero-order valence-corrected chi connectivity index (χ0v) is 15.2. The van der Waals surface area contributed by atoms with Crippen LogP contribution in [-0.4, -0.2) is 33.2 Å². The zero-order chi connectivity index (χ0) is 17.4. The summed E-state index contributed by atoms with van der Waals surface area (Å²) in [6, 6.07) is 0. The molecule has 4 heterocycles. The molecule has 0 bridgehead atoms. The topological polar surface area (TPSA) is 80.0 Å². The van der Waals surface area contributed by atoms with Crippen LogP contribution in [-0.2, 0) is 19.5 Å². The maximum atomic E-state index is 5.57. The number of nitrogens with zero attached hydrogens (tertiary/aromatic N) is 5. The number of fused-ring (bicyclic) bond motifs is 1. The molecular weight excluding hydrogens is 316 g/mol. The summed E-state index contributed by atoms with van der Waals surface area (Å²) < 4.78 is 5.57. The summed E-state index contributed by atoms with van der Waals surface area (Å²) in [7, 11) is 0. The average Bonchev–Trinajstić information content (AvgIpc) is 3.22. The van der Waals surface area contributed by atoms with Gasteiger partial charge in [-0.25, -0.2) is 9.97 Å². The van der Waals surface area contributed by atoms with Gasteiger partial charge in [-0.1, -0.05) is 19.0 Å². The fourth-order valence-electron chi connectivity index (χ4n) is 3.78. The first-order valence-corrected chi connectivity index (χ1v) is 9.24. The highest BCUT2D eigenvalue weighted by atomic mass is 16.5. The van der Waals surface area contributed by atoms with Gasteiger partial charge in [0.15, 0.2) is 5.82 Å². The molecule has 4 rings (SSSR count).